The third-order valence-corrected chi connectivity index (χ3v) is 3.68. The van der Waals surface area contributed by atoms with Crippen LogP contribution in [0.25, 0.3) is 11.0 Å². The van der Waals surface area contributed by atoms with E-state index in [1.54, 1.807) is 13.2 Å². The maximum Gasteiger partial charge on any atom is 0.271 e. The molecule has 3 aromatic rings. The molecule has 0 amide bonds. The Morgan fingerprint density at radius 3 is 2.65 bits per heavy atom. The largest absolute Gasteiger partial charge is 0.497 e. The van der Waals surface area contributed by atoms with E-state index in [1.165, 1.54) is 12.1 Å². The Morgan fingerprint density at radius 1 is 1.26 bits per heavy atom. The van der Waals surface area contributed by atoms with Crippen molar-refractivity contribution in [2.45, 2.75) is 6.54 Å². The molecule has 0 unspecified atom stereocenters. The van der Waals surface area contributed by atoms with E-state index in [0.717, 1.165) is 16.8 Å². The van der Waals surface area contributed by atoms with Crippen LogP contribution in [0.5, 0.6) is 5.75 Å². The number of ether oxygens (including phenoxy) is 1. The number of benzene rings is 2. The molecule has 0 atom stereocenters. The van der Waals surface area contributed by atoms with Gasteiger partial charge >= 0.3 is 0 Å². The summed E-state index contributed by atoms with van der Waals surface area (Å²) in [6, 6.07) is 12.4. The van der Waals surface area contributed by atoms with Crippen molar-refractivity contribution in [1.82, 2.24) is 9.55 Å². The highest BCUT2D eigenvalue weighted by Gasteiger charge is 2.12. The molecule has 0 saturated carbocycles. The van der Waals surface area contributed by atoms with Gasteiger partial charge in [0.1, 0.15) is 5.75 Å². The van der Waals surface area contributed by atoms with Crippen LogP contribution in [0.3, 0.4) is 0 Å². The van der Waals surface area contributed by atoms with Crippen molar-refractivity contribution in [2.75, 3.05) is 12.4 Å². The van der Waals surface area contributed by atoms with Crippen molar-refractivity contribution < 1.29 is 9.66 Å². The summed E-state index contributed by atoms with van der Waals surface area (Å²) >= 11 is 0. The minimum Gasteiger partial charge on any atom is -0.497 e. The van der Waals surface area contributed by atoms with Crippen LogP contribution in [0.1, 0.15) is 5.56 Å². The summed E-state index contributed by atoms with van der Waals surface area (Å²) < 4.78 is 7.01. The second kappa shape index (κ2) is 5.96. The Morgan fingerprint density at radius 2 is 2.00 bits per heavy atom. The van der Waals surface area contributed by atoms with Crippen molar-refractivity contribution in [2.24, 2.45) is 7.05 Å². The number of fused-ring (bicyclic) bond motifs is 1. The van der Waals surface area contributed by atoms with Crippen molar-refractivity contribution in [3.63, 3.8) is 0 Å². The van der Waals surface area contributed by atoms with Gasteiger partial charge in [-0.3, -0.25) is 10.1 Å². The topological polar surface area (TPSA) is 82.2 Å². The number of non-ortho nitro benzene ring substituents is 1. The molecule has 0 spiro atoms. The summed E-state index contributed by atoms with van der Waals surface area (Å²) in [5.74, 6) is 1.47. The van der Waals surface area contributed by atoms with Gasteiger partial charge in [-0.05, 0) is 23.8 Å². The smallest absolute Gasteiger partial charge is 0.271 e. The van der Waals surface area contributed by atoms with Crippen molar-refractivity contribution >= 4 is 22.7 Å². The van der Waals surface area contributed by atoms with E-state index in [-0.39, 0.29) is 5.69 Å². The molecule has 3 rings (SSSR count). The molecule has 0 aliphatic carbocycles. The van der Waals surface area contributed by atoms with E-state index in [4.69, 9.17) is 4.74 Å². The van der Waals surface area contributed by atoms with Gasteiger partial charge in [-0.15, -0.1) is 0 Å². The molecule has 23 heavy (non-hydrogen) atoms. The normalized spacial score (nSPS) is 10.7. The van der Waals surface area contributed by atoms with E-state index >= 15 is 0 Å². The minimum absolute atomic E-state index is 0.0392. The minimum atomic E-state index is -0.418. The molecule has 0 aliphatic rings. The van der Waals surface area contributed by atoms with E-state index in [0.29, 0.717) is 18.0 Å². The first kappa shape index (κ1) is 14.8. The highest BCUT2D eigenvalue weighted by Crippen LogP contribution is 2.23. The number of rotatable bonds is 5. The highest BCUT2D eigenvalue weighted by atomic mass is 16.6. The maximum absolute atomic E-state index is 10.8. The molecule has 1 heterocycles. The summed E-state index contributed by atoms with van der Waals surface area (Å²) in [4.78, 5) is 14.9. The highest BCUT2D eigenvalue weighted by molar-refractivity contribution is 5.81. The van der Waals surface area contributed by atoms with Crippen molar-refractivity contribution in [3.8, 4) is 5.75 Å². The van der Waals surface area contributed by atoms with Gasteiger partial charge in [0.2, 0.25) is 5.95 Å². The number of hydrogen-bond acceptors (Lipinski definition) is 5. The monoisotopic (exact) mass is 312 g/mol. The third-order valence-electron chi connectivity index (χ3n) is 3.68. The van der Waals surface area contributed by atoms with Crippen molar-refractivity contribution in [3.05, 3.63) is 58.1 Å². The molecular formula is C16H16N4O3. The second-order valence-electron chi connectivity index (χ2n) is 5.13. The lowest BCUT2D eigenvalue weighted by Crippen LogP contribution is -2.04. The Kier molecular flexibility index (Phi) is 3.84. The van der Waals surface area contributed by atoms with Gasteiger partial charge in [0.05, 0.1) is 23.1 Å². The molecule has 0 radical (unpaired) electrons. The number of methoxy groups -OCH3 is 1. The lowest BCUT2D eigenvalue weighted by Gasteiger charge is -2.07. The molecule has 118 valence electrons. The van der Waals surface area contributed by atoms with E-state index in [2.05, 4.69) is 10.3 Å². The fraction of sp³-hybridized carbons (Fsp3) is 0.188. The summed E-state index contributed by atoms with van der Waals surface area (Å²) in [6.07, 6.45) is 0. The zero-order valence-electron chi connectivity index (χ0n) is 12.8. The third kappa shape index (κ3) is 2.94. The van der Waals surface area contributed by atoms with Crippen LogP contribution in [0, 0.1) is 10.1 Å². The lowest BCUT2D eigenvalue weighted by atomic mass is 10.2. The van der Waals surface area contributed by atoms with Crippen LogP contribution >= 0.6 is 0 Å². The van der Waals surface area contributed by atoms with Gasteiger partial charge < -0.3 is 14.6 Å². The number of imidazole rings is 1. The summed E-state index contributed by atoms with van der Waals surface area (Å²) in [5, 5.41) is 14.1. The SMILES string of the molecule is COc1ccc(CNc2nc3cc([N+](=O)[O-])ccc3n2C)cc1. The number of nitro benzene ring substituents is 1. The number of anilines is 1. The number of nitrogens with zero attached hydrogens (tertiary/aromatic N) is 3. The van der Waals surface area contributed by atoms with Crippen molar-refractivity contribution in [1.29, 1.82) is 0 Å². The van der Waals surface area contributed by atoms with Gasteiger partial charge in [-0.2, -0.15) is 0 Å². The molecule has 0 aliphatic heterocycles. The number of nitro groups is 1. The predicted octanol–water partition coefficient (Wildman–Crippen LogP) is 3.10. The quantitative estimate of drug-likeness (QED) is 0.578. The van der Waals surface area contributed by atoms with Crippen LogP contribution < -0.4 is 10.1 Å². The Bertz CT molecular complexity index is 856. The fourth-order valence-corrected chi connectivity index (χ4v) is 2.38. The van der Waals surface area contributed by atoms with Gasteiger partial charge in [-0.25, -0.2) is 4.98 Å². The lowest BCUT2D eigenvalue weighted by molar-refractivity contribution is -0.384. The van der Waals surface area contributed by atoms with Crippen LogP contribution in [0.4, 0.5) is 11.6 Å². The molecule has 7 heteroatoms. The number of aromatic nitrogens is 2. The Balaban J connectivity index is 1.81. The Hall–Kier alpha value is -3.09. The molecule has 0 saturated heterocycles. The summed E-state index contributed by atoms with van der Waals surface area (Å²) in [5.41, 5.74) is 2.56. The Labute approximate surface area is 132 Å². The van der Waals surface area contributed by atoms with Gasteiger partial charge in [0.15, 0.2) is 0 Å². The fourth-order valence-electron chi connectivity index (χ4n) is 2.38. The number of nitrogens with one attached hydrogen (secondary N) is 1. The van der Waals surface area contributed by atoms with E-state index in [9.17, 15) is 10.1 Å². The van der Waals surface area contributed by atoms with E-state index in [1.807, 2.05) is 35.9 Å². The standard InChI is InChI=1S/C16H16N4O3/c1-19-15-8-5-12(20(21)22)9-14(15)18-16(19)17-10-11-3-6-13(23-2)7-4-11/h3-9H,10H2,1-2H3,(H,17,18). The van der Waals surface area contributed by atoms with Gasteiger partial charge in [0, 0.05) is 25.7 Å². The van der Waals surface area contributed by atoms with Crippen LogP contribution in [0.15, 0.2) is 42.5 Å². The summed E-state index contributed by atoms with van der Waals surface area (Å²) in [7, 11) is 3.50. The van der Waals surface area contributed by atoms with Gasteiger partial charge in [-0.1, -0.05) is 12.1 Å². The van der Waals surface area contributed by atoms with Crippen LogP contribution in [0.2, 0.25) is 0 Å². The zero-order valence-corrected chi connectivity index (χ0v) is 12.8. The zero-order chi connectivity index (χ0) is 16.4. The molecule has 1 N–H and O–H groups in total. The summed E-state index contributed by atoms with van der Waals surface area (Å²) in [6.45, 7) is 0.600. The molecule has 0 fully saturated rings. The molecule has 0 bridgehead atoms. The average molecular weight is 312 g/mol. The average Bonchev–Trinajstić information content (AvgIpc) is 2.89. The molecular weight excluding hydrogens is 296 g/mol. The second-order valence-corrected chi connectivity index (χ2v) is 5.13. The number of hydrogen-bond donors (Lipinski definition) is 1. The first-order chi connectivity index (χ1) is 11.1. The van der Waals surface area contributed by atoms with Crippen LogP contribution in [-0.2, 0) is 13.6 Å². The molecule has 7 nitrogen and oxygen atoms in total. The van der Waals surface area contributed by atoms with E-state index < -0.39 is 4.92 Å². The maximum atomic E-state index is 10.8. The van der Waals surface area contributed by atoms with Crippen LogP contribution in [-0.4, -0.2) is 21.6 Å². The molecule has 2 aromatic carbocycles. The first-order valence-electron chi connectivity index (χ1n) is 7.06. The predicted molar refractivity (Wildman–Crippen MR) is 87.7 cm³/mol. The van der Waals surface area contributed by atoms with Gasteiger partial charge in [0.25, 0.3) is 5.69 Å². The first-order valence-corrected chi connectivity index (χ1v) is 7.06. The number of aryl methyl sites for hydroxylation is 1. The molecule has 1 aromatic heterocycles.